The fourth-order valence-electron chi connectivity index (χ4n) is 3.27. The number of carbonyl (C=O) groups is 2. The zero-order valence-electron chi connectivity index (χ0n) is 15.4. The van der Waals surface area contributed by atoms with Crippen LogP contribution in [0.25, 0.3) is 6.08 Å². The Balaban J connectivity index is 2.08. The monoisotopic (exact) mass is 425 g/mol. The number of ether oxygens (including phenoxy) is 1. The Morgan fingerprint density at radius 3 is 2.33 bits per heavy atom. The van der Waals surface area contributed by atoms with Gasteiger partial charge in [0.2, 0.25) is 0 Å². The highest BCUT2D eigenvalue weighted by Crippen LogP contribution is 2.37. The van der Waals surface area contributed by atoms with E-state index in [2.05, 4.69) is 15.9 Å². The van der Waals surface area contributed by atoms with Gasteiger partial charge in [0.15, 0.2) is 0 Å². The maximum Gasteiger partial charge on any atom is 0.340 e. The van der Waals surface area contributed by atoms with Crippen LogP contribution >= 0.6 is 15.9 Å². The van der Waals surface area contributed by atoms with Crippen molar-refractivity contribution in [1.82, 2.24) is 4.90 Å². The van der Waals surface area contributed by atoms with Crippen LogP contribution in [0.15, 0.2) is 75.9 Å². The van der Waals surface area contributed by atoms with E-state index in [-0.39, 0.29) is 11.9 Å². The lowest BCUT2D eigenvalue weighted by Crippen LogP contribution is -2.28. The molecule has 1 atom stereocenters. The first kappa shape index (κ1) is 19.1. The van der Waals surface area contributed by atoms with Gasteiger partial charge in [-0.3, -0.25) is 4.79 Å². The molecule has 0 radical (unpaired) electrons. The second-order valence-corrected chi connectivity index (χ2v) is 7.24. The minimum Gasteiger partial charge on any atom is -0.465 e. The lowest BCUT2D eigenvalue weighted by molar-refractivity contribution is -0.136. The zero-order valence-corrected chi connectivity index (χ0v) is 17.0. The van der Waals surface area contributed by atoms with Crippen LogP contribution in [-0.4, -0.2) is 23.9 Å². The summed E-state index contributed by atoms with van der Waals surface area (Å²) in [6.07, 6.45) is 1.74. The van der Waals surface area contributed by atoms with Gasteiger partial charge in [-0.2, -0.15) is 0 Å². The van der Waals surface area contributed by atoms with E-state index in [0.717, 1.165) is 15.6 Å². The van der Waals surface area contributed by atoms with Gasteiger partial charge >= 0.3 is 5.97 Å². The molecule has 2 aromatic rings. The van der Waals surface area contributed by atoms with E-state index in [4.69, 9.17) is 4.74 Å². The molecule has 0 saturated carbocycles. The number of nitrogens with zero attached hydrogens (tertiary/aromatic N) is 1. The Kier molecular flexibility index (Phi) is 5.61. The topological polar surface area (TPSA) is 46.6 Å². The first-order chi connectivity index (χ1) is 12.9. The number of hydrogen-bond donors (Lipinski definition) is 0. The summed E-state index contributed by atoms with van der Waals surface area (Å²) in [5.74, 6) is -0.709. The molecule has 0 unspecified atom stereocenters. The second kappa shape index (κ2) is 7.92. The number of esters is 1. The third kappa shape index (κ3) is 3.74. The molecule has 138 valence electrons. The SMILES string of the molecule is COC(=O)C1=C(C)N([C@@H](C)c2ccccc2)C(=O)/C1=C\c1ccc(Br)cc1. The first-order valence-corrected chi connectivity index (χ1v) is 9.38. The summed E-state index contributed by atoms with van der Waals surface area (Å²) in [4.78, 5) is 27.3. The van der Waals surface area contributed by atoms with Crippen molar-refractivity contribution in [3.63, 3.8) is 0 Å². The first-order valence-electron chi connectivity index (χ1n) is 8.59. The molecule has 0 aliphatic carbocycles. The number of amides is 1. The molecule has 0 bridgehead atoms. The van der Waals surface area contributed by atoms with E-state index < -0.39 is 5.97 Å². The van der Waals surface area contributed by atoms with Crippen LogP contribution in [0.3, 0.4) is 0 Å². The Morgan fingerprint density at radius 2 is 1.74 bits per heavy atom. The Bertz CT molecular complexity index is 930. The van der Waals surface area contributed by atoms with E-state index >= 15 is 0 Å². The summed E-state index contributed by atoms with van der Waals surface area (Å²) in [5, 5.41) is 0. The number of benzene rings is 2. The van der Waals surface area contributed by atoms with Crippen molar-refractivity contribution in [2.24, 2.45) is 0 Å². The van der Waals surface area contributed by atoms with Crippen LogP contribution in [0.2, 0.25) is 0 Å². The van der Waals surface area contributed by atoms with Gasteiger partial charge in [0.1, 0.15) is 0 Å². The molecule has 0 N–H and O–H groups in total. The summed E-state index contributed by atoms with van der Waals surface area (Å²) in [7, 11) is 1.33. The predicted octanol–water partition coefficient (Wildman–Crippen LogP) is 4.88. The van der Waals surface area contributed by atoms with Crippen molar-refractivity contribution >= 4 is 33.9 Å². The quantitative estimate of drug-likeness (QED) is 0.517. The second-order valence-electron chi connectivity index (χ2n) is 6.32. The lowest BCUT2D eigenvalue weighted by atomic mass is 10.0. The van der Waals surface area contributed by atoms with Gasteiger partial charge in [0.25, 0.3) is 5.91 Å². The van der Waals surface area contributed by atoms with Gasteiger partial charge in [0.05, 0.1) is 24.3 Å². The highest BCUT2D eigenvalue weighted by atomic mass is 79.9. The standard InChI is InChI=1S/C22H20BrNO3/c1-14(17-7-5-4-6-8-17)24-15(2)20(22(26)27-3)19(21(24)25)13-16-9-11-18(23)12-10-16/h4-14H,1-3H3/b19-13-/t14-/m0/s1. The number of allylic oxidation sites excluding steroid dienone is 1. The molecule has 5 heteroatoms. The van der Waals surface area contributed by atoms with Gasteiger partial charge < -0.3 is 9.64 Å². The average Bonchev–Trinajstić information content (AvgIpc) is 2.93. The molecule has 1 aliphatic rings. The van der Waals surface area contributed by atoms with E-state index in [9.17, 15) is 9.59 Å². The minimum atomic E-state index is -0.507. The summed E-state index contributed by atoms with van der Waals surface area (Å²) >= 11 is 3.40. The van der Waals surface area contributed by atoms with Gasteiger partial charge in [-0.15, -0.1) is 0 Å². The fraction of sp³-hybridized carbons (Fsp3) is 0.182. The molecule has 0 fully saturated rings. The van der Waals surface area contributed by atoms with E-state index in [0.29, 0.717) is 16.8 Å². The van der Waals surface area contributed by atoms with E-state index in [1.807, 2.05) is 61.5 Å². The lowest BCUT2D eigenvalue weighted by Gasteiger charge is -2.26. The third-order valence-electron chi connectivity index (χ3n) is 4.68. The van der Waals surface area contributed by atoms with Crippen LogP contribution in [0, 0.1) is 0 Å². The zero-order chi connectivity index (χ0) is 19.6. The molecule has 1 amide bonds. The number of carbonyl (C=O) groups excluding carboxylic acids is 2. The third-order valence-corrected chi connectivity index (χ3v) is 5.21. The van der Waals surface area contributed by atoms with Crippen molar-refractivity contribution in [3.8, 4) is 0 Å². The largest absolute Gasteiger partial charge is 0.465 e. The smallest absolute Gasteiger partial charge is 0.340 e. The van der Waals surface area contributed by atoms with E-state index in [1.54, 1.807) is 17.9 Å². The van der Waals surface area contributed by atoms with Crippen molar-refractivity contribution in [3.05, 3.63) is 87.0 Å². The molecule has 4 nitrogen and oxygen atoms in total. The molecular formula is C22H20BrNO3. The molecule has 0 aromatic heterocycles. The molecule has 3 rings (SSSR count). The molecule has 0 saturated heterocycles. The summed E-state index contributed by atoms with van der Waals surface area (Å²) in [6.45, 7) is 3.74. The predicted molar refractivity (Wildman–Crippen MR) is 109 cm³/mol. The average molecular weight is 426 g/mol. The summed E-state index contributed by atoms with van der Waals surface area (Å²) < 4.78 is 5.90. The van der Waals surface area contributed by atoms with Crippen LogP contribution in [-0.2, 0) is 14.3 Å². The van der Waals surface area contributed by atoms with Crippen LogP contribution in [0.5, 0.6) is 0 Å². The van der Waals surface area contributed by atoms with Crippen molar-refractivity contribution in [2.75, 3.05) is 7.11 Å². The van der Waals surface area contributed by atoms with E-state index in [1.165, 1.54) is 7.11 Å². The van der Waals surface area contributed by atoms with Gasteiger partial charge in [-0.05, 0) is 43.2 Å². The number of rotatable bonds is 4. The maximum atomic E-state index is 13.2. The van der Waals surface area contributed by atoms with Crippen LogP contribution < -0.4 is 0 Å². The summed E-state index contributed by atoms with van der Waals surface area (Å²) in [5.41, 5.74) is 3.11. The normalized spacial score (nSPS) is 16.8. The number of methoxy groups -OCH3 is 1. The van der Waals surface area contributed by atoms with Gasteiger partial charge in [-0.1, -0.05) is 58.4 Å². The molecule has 2 aromatic carbocycles. The number of hydrogen-bond acceptors (Lipinski definition) is 3. The molecule has 27 heavy (non-hydrogen) atoms. The minimum absolute atomic E-state index is 0.200. The van der Waals surface area contributed by atoms with Crippen molar-refractivity contribution < 1.29 is 14.3 Å². The van der Waals surface area contributed by atoms with Crippen LogP contribution in [0.1, 0.15) is 31.0 Å². The molecule has 1 heterocycles. The molecule has 0 spiro atoms. The summed E-state index contributed by atoms with van der Waals surface area (Å²) in [6, 6.07) is 17.1. The molecule has 1 aliphatic heterocycles. The van der Waals surface area contributed by atoms with Crippen molar-refractivity contribution in [2.45, 2.75) is 19.9 Å². The number of halogens is 1. The Morgan fingerprint density at radius 1 is 1.11 bits per heavy atom. The Hall–Kier alpha value is -2.66. The van der Waals surface area contributed by atoms with Gasteiger partial charge in [0, 0.05) is 10.2 Å². The fourth-order valence-corrected chi connectivity index (χ4v) is 3.53. The van der Waals surface area contributed by atoms with Crippen molar-refractivity contribution in [1.29, 1.82) is 0 Å². The molecular weight excluding hydrogens is 406 g/mol. The maximum absolute atomic E-state index is 13.2. The van der Waals surface area contributed by atoms with Gasteiger partial charge in [-0.25, -0.2) is 4.79 Å². The Labute approximate surface area is 167 Å². The van der Waals surface area contributed by atoms with Crippen LogP contribution in [0.4, 0.5) is 0 Å². The highest BCUT2D eigenvalue weighted by molar-refractivity contribution is 9.10. The highest BCUT2D eigenvalue weighted by Gasteiger charge is 2.39.